The molecule has 0 aromatic heterocycles. The van der Waals surface area contributed by atoms with E-state index < -0.39 is 0 Å². The Morgan fingerprint density at radius 2 is 1.62 bits per heavy atom. The SMILES string of the molecule is Cc1ccccc1CNC(C)c1ccc(OC(C)C)cc1. The molecular formula is C19H25NO. The molecule has 21 heavy (non-hydrogen) atoms. The highest BCUT2D eigenvalue weighted by Crippen LogP contribution is 2.19. The van der Waals surface area contributed by atoms with Crippen molar-refractivity contribution in [1.82, 2.24) is 5.32 Å². The van der Waals surface area contributed by atoms with Gasteiger partial charge >= 0.3 is 0 Å². The van der Waals surface area contributed by atoms with Gasteiger partial charge in [0.1, 0.15) is 5.75 Å². The maximum atomic E-state index is 5.67. The van der Waals surface area contributed by atoms with Gasteiger partial charge in [0.25, 0.3) is 0 Å². The van der Waals surface area contributed by atoms with Gasteiger partial charge in [0.05, 0.1) is 6.10 Å². The fourth-order valence-corrected chi connectivity index (χ4v) is 2.30. The number of rotatable bonds is 6. The van der Waals surface area contributed by atoms with Crippen molar-refractivity contribution in [3.63, 3.8) is 0 Å². The Morgan fingerprint density at radius 3 is 2.24 bits per heavy atom. The van der Waals surface area contributed by atoms with Crippen LogP contribution in [0, 0.1) is 6.92 Å². The van der Waals surface area contributed by atoms with Crippen LogP contribution in [-0.2, 0) is 6.54 Å². The molecule has 112 valence electrons. The third kappa shape index (κ3) is 4.61. The molecule has 0 radical (unpaired) electrons. The van der Waals surface area contributed by atoms with E-state index in [0.717, 1.165) is 12.3 Å². The molecule has 1 unspecified atom stereocenters. The van der Waals surface area contributed by atoms with Crippen LogP contribution >= 0.6 is 0 Å². The lowest BCUT2D eigenvalue weighted by molar-refractivity contribution is 0.242. The van der Waals surface area contributed by atoms with Crippen LogP contribution < -0.4 is 10.1 Å². The van der Waals surface area contributed by atoms with Crippen LogP contribution in [0.15, 0.2) is 48.5 Å². The number of ether oxygens (including phenoxy) is 1. The molecule has 0 spiro atoms. The predicted octanol–water partition coefficient (Wildman–Crippen LogP) is 4.63. The Morgan fingerprint density at radius 1 is 0.952 bits per heavy atom. The second-order valence-electron chi connectivity index (χ2n) is 5.76. The van der Waals surface area contributed by atoms with Crippen LogP contribution in [0.2, 0.25) is 0 Å². The first-order chi connectivity index (χ1) is 10.1. The number of hydrogen-bond acceptors (Lipinski definition) is 2. The molecule has 0 aliphatic rings. The molecule has 2 rings (SSSR count). The van der Waals surface area contributed by atoms with Crippen molar-refractivity contribution in [2.75, 3.05) is 0 Å². The Labute approximate surface area is 128 Å². The second-order valence-corrected chi connectivity index (χ2v) is 5.76. The largest absolute Gasteiger partial charge is 0.491 e. The number of hydrogen-bond donors (Lipinski definition) is 1. The maximum absolute atomic E-state index is 5.67. The van der Waals surface area contributed by atoms with Crippen molar-refractivity contribution < 1.29 is 4.74 Å². The zero-order chi connectivity index (χ0) is 15.2. The standard InChI is InChI=1S/C19H25NO/c1-14(2)21-19-11-9-17(10-12-19)16(4)20-13-18-8-6-5-7-15(18)3/h5-12,14,16,20H,13H2,1-4H3. The molecule has 0 aliphatic carbocycles. The molecule has 0 saturated carbocycles. The van der Waals surface area contributed by atoms with Crippen LogP contribution in [0.4, 0.5) is 0 Å². The smallest absolute Gasteiger partial charge is 0.119 e. The first-order valence-corrected chi connectivity index (χ1v) is 7.61. The summed E-state index contributed by atoms with van der Waals surface area (Å²) in [6, 6.07) is 17.2. The van der Waals surface area contributed by atoms with E-state index in [-0.39, 0.29) is 6.10 Å². The molecule has 0 saturated heterocycles. The van der Waals surface area contributed by atoms with Gasteiger partial charge in [0.2, 0.25) is 0 Å². The molecule has 1 atom stereocenters. The molecule has 1 N–H and O–H groups in total. The van der Waals surface area contributed by atoms with Gasteiger partial charge < -0.3 is 10.1 Å². The van der Waals surface area contributed by atoms with E-state index in [4.69, 9.17) is 4.74 Å². The van der Waals surface area contributed by atoms with Crippen molar-refractivity contribution >= 4 is 0 Å². The lowest BCUT2D eigenvalue weighted by Crippen LogP contribution is -2.18. The summed E-state index contributed by atoms with van der Waals surface area (Å²) in [6.45, 7) is 9.31. The summed E-state index contributed by atoms with van der Waals surface area (Å²) in [5, 5.41) is 3.58. The second kappa shape index (κ2) is 7.28. The fourth-order valence-electron chi connectivity index (χ4n) is 2.30. The van der Waals surface area contributed by atoms with E-state index in [0.29, 0.717) is 6.04 Å². The molecule has 2 aromatic carbocycles. The van der Waals surface area contributed by atoms with Crippen molar-refractivity contribution in [2.45, 2.75) is 46.4 Å². The Kier molecular flexibility index (Phi) is 5.40. The molecule has 0 aliphatic heterocycles. The quantitative estimate of drug-likeness (QED) is 0.834. The first-order valence-electron chi connectivity index (χ1n) is 7.61. The molecule has 2 heteroatoms. The zero-order valence-electron chi connectivity index (χ0n) is 13.4. The van der Waals surface area contributed by atoms with Gasteiger partial charge in [0, 0.05) is 12.6 Å². The van der Waals surface area contributed by atoms with Crippen LogP contribution in [0.3, 0.4) is 0 Å². The van der Waals surface area contributed by atoms with Gasteiger partial charge in [-0.3, -0.25) is 0 Å². The molecule has 2 aromatic rings. The van der Waals surface area contributed by atoms with Crippen LogP contribution in [-0.4, -0.2) is 6.10 Å². The van der Waals surface area contributed by atoms with E-state index in [1.54, 1.807) is 0 Å². The van der Waals surface area contributed by atoms with Crippen LogP contribution in [0.25, 0.3) is 0 Å². The lowest BCUT2D eigenvalue weighted by Gasteiger charge is -2.16. The molecule has 0 bridgehead atoms. The highest BCUT2D eigenvalue weighted by atomic mass is 16.5. The topological polar surface area (TPSA) is 21.3 Å². The summed E-state index contributed by atoms with van der Waals surface area (Å²) in [7, 11) is 0. The summed E-state index contributed by atoms with van der Waals surface area (Å²) in [5.74, 6) is 0.930. The predicted molar refractivity (Wildman–Crippen MR) is 88.6 cm³/mol. The lowest BCUT2D eigenvalue weighted by atomic mass is 10.1. The van der Waals surface area contributed by atoms with Gasteiger partial charge in [-0.15, -0.1) is 0 Å². The fraction of sp³-hybridized carbons (Fsp3) is 0.368. The van der Waals surface area contributed by atoms with E-state index in [1.807, 2.05) is 26.0 Å². The Bertz CT molecular complexity index is 560. The molecular weight excluding hydrogens is 258 g/mol. The van der Waals surface area contributed by atoms with E-state index in [2.05, 4.69) is 55.6 Å². The number of aryl methyl sites for hydroxylation is 1. The minimum atomic E-state index is 0.215. The average molecular weight is 283 g/mol. The number of benzene rings is 2. The molecule has 0 fully saturated rings. The minimum Gasteiger partial charge on any atom is -0.491 e. The van der Waals surface area contributed by atoms with Crippen molar-refractivity contribution in [3.8, 4) is 5.75 Å². The monoisotopic (exact) mass is 283 g/mol. The van der Waals surface area contributed by atoms with Crippen LogP contribution in [0.1, 0.15) is 43.5 Å². The summed E-state index contributed by atoms with van der Waals surface area (Å²) in [4.78, 5) is 0. The third-order valence-electron chi connectivity index (χ3n) is 3.61. The van der Waals surface area contributed by atoms with Gasteiger partial charge in [-0.25, -0.2) is 0 Å². The van der Waals surface area contributed by atoms with Crippen molar-refractivity contribution in [3.05, 3.63) is 65.2 Å². The molecule has 0 amide bonds. The van der Waals surface area contributed by atoms with Gasteiger partial charge in [-0.05, 0) is 56.5 Å². The first kappa shape index (κ1) is 15.6. The Hall–Kier alpha value is -1.80. The van der Waals surface area contributed by atoms with Gasteiger partial charge in [-0.2, -0.15) is 0 Å². The van der Waals surface area contributed by atoms with Crippen molar-refractivity contribution in [2.24, 2.45) is 0 Å². The van der Waals surface area contributed by atoms with Crippen molar-refractivity contribution in [1.29, 1.82) is 0 Å². The van der Waals surface area contributed by atoms with E-state index >= 15 is 0 Å². The summed E-state index contributed by atoms with van der Waals surface area (Å²) >= 11 is 0. The Balaban J connectivity index is 1.94. The summed E-state index contributed by atoms with van der Waals surface area (Å²) in [6.07, 6.45) is 0.215. The van der Waals surface area contributed by atoms with Gasteiger partial charge in [0.15, 0.2) is 0 Å². The zero-order valence-corrected chi connectivity index (χ0v) is 13.4. The minimum absolute atomic E-state index is 0.215. The highest BCUT2D eigenvalue weighted by Gasteiger charge is 2.06. The molecule has 0 heterocycles. The van der Waals surface area contributed by atoms with Crippen LogP contribution in [0.5, 0.6) is 5.75 Å². The number of nitrogens with one attached hydrogen (secondary N) is 1. The molecule has 2 nitrogen and oxygen atoms in total. The highest BCUT2D eigenvalue weighted by molar-refractivity contribution is 5.30. The summed E-state index contributed by atoms with van der Waals surface area (Å²) in [5.41, 5.74) is 3.96. The third-order valence-corrected chi connectivity index (χ3v) is 3.61. The maximum Gasteiger partial charge on any atom is 0.119 e. The van der Waals surface area contributed by atoms with E-state index in [1.165, 1.54) is 16.7 Å². The normalized spacial score (nSPS) is 12.4. The average Bonchev–Trinajstić information content (AvgIpc) is 2.46. The van der Waals surface area contributed by atoms with E-state index in [9.17, 15) is 0 Å². The van der Waals surface area contributed by atoms with Gasteiger partial charge in [-0.1, -0.05) is 36.4 Å². The summed E-state index contributed by atoms with van der Waals surface area (Å²) < 4.78 is 5.67.